The van der Waals surface area contributed by atoms with Crippen LogP contribution in [0.2, 0.25) is 0 Å². The average Bonchev–Trinajstić information content (AvgIpc) is 2.86. The van der Waals surface area contributed by atoms with Crippen LogP contribution in [0.3, 0.4) is 0 Å². The molecule has 0 bridgehead atoms. The molecule has 3 unspecified atom stereocenters. The molecule has 3 atom stereocenters. The van der Waals surface area contributed by atoms with Crippen LogP contribution < -0.4 is 5.32 Å². The minimum absolute atomic E-state index is 0.139. The third-order valence-electron chi connectivity index (χ3n) is 5.53. The highest BCUT2D eigenvalue weighted by molar-refractivity contribution is 7.11. The first-order chi connectivity index (χ1) is 9.17. The van der Waals surface area contributed by atoms with Gasteiger partial charge in [0.25, 0.3) is 0 Å². The van der Waals surface area contributed by atoms with Gasteiger partial charge in [-0.2, -0.15) is 0 Å². The van der Waals surface area contributed by atoms with Crippen LogP contribution in [-0.4, -0.2) is 12.0 Å². The van der Waals surface area contributed by atoms with Gasteiger partial charge < -0.3 is 5.32 Å². The Kier molecular flexibility index (Phi) is 3.69. The van der Waals surface area contributed by atoms with Crippen molar-refractivity contribution in [3.8, 4) is 0 Å². The van der Waals surface area contributed by atoms with Gasteiger partial charge in [0.05, 0.1) is 11.2 Å². The lowest BCUT2D eigenvalue weighted by Crippen LogP contribution is -2.50. The Bertz CT molecular complexity index is 430. The number of thiazole rings is 1. The topological polar surface area (TPSA) is 24.9 Å². The number of aromatic nitrogens is 1. The summed E-state index contributed by atoms with van der Waals surface area (Å²) < 4.78 is 0. The molecular weight excluding hydrogens is 252 g/mol. The molecule has 2 aliphatic rings. The van der Waals surface area contributed by atoms with Crippen molar-refractivity contribution in [1.29, 1.82) is 0 Å². The molecule has 0 aromatic carbocycles. The maximum atomic E-state index is 5.06. The van der Waals surface area contributed by atoms with E-state index >= 15 is 0 Å². The molecule has 3 heteroatoms. The highest BCUT2D eigenvalue weighted by Gasteiger charge is 2.44. The van der Waals surface area contributed by atoms with Crippen molar-refractivity contribution in [3.63, 3.8) is 0 Å². The minimum Gasteiger partial charge on any atom is -0.308 e. The number of nitrogens with one attached hydrogen (secondary N) is 1. The standard InChI is InChI=1S/C16H26N2S/c1-11-7-6-10-16(17-3,12(11)2)15-18-13-8-4-5-9-14(13)19-15/h11-12,17H,4-10H2,1-3H3. The molecule has 0 aliphatic heterocycles. The minimum atomic E-state index is 0.139. The maximum Gasteiger partial charge on any atom is 0.114 e. The van der Waals surface area contributed by atoms with Gasteiger partial charge in [-0.15, -0.1) is 11.3 Å². The molecule has 1 N–H and O–H groups in total. The van der Waals surface area contributed by atoms with Crippen molar-refractivity contribution >= 4 is 11.3 Å². The van der Waals surface area contributed by atoms with Crippen LogP contribution in [0.4, 0.5) is 0 Å². The van der Waals surface area contributed by atoms with E-state index in [1.165, 1.54) is 55.6 Å². The molecule has 1 saturated carbocycles. The van der Waals surface area contributed by atoms with E-state index in [1.54, 1.807) is 4.88 Å². The van der Waals surface area contributed by atoms with E-state index in [2.05, 4.69) is 26.2 Å². The molecule has 19 heavy (non-hydrogen) atoms. The summed E-state index contributed by atoms with van der Waals surface area (Å²) in [6.07, 6.45) is 9.10. The summed E-state index contributed by atoms with van der Waals surface area (Å²) in [4.78, 5) is 6.63. The van der Waals surface area contributed by atoms with E-state index in [0.29, 0.717) is 5.92 Å². The van der Waals surface area contributed by atoms with Gasteiger partial charge in [-0.05, 0) is 51.0 Å². The number of fused-ring (bicyclic) bond motifs is 1. The fourth-order valence-electron chi connectivity index (χ4n) is 3.97. The van der Waals surface area contributed by atoms with Crippen molar-refractivity contribution in [2.45, 2.75) is 64.3 Å². The second-order valence-electron chi connectivity index (χ2n) is 6.48. The molecule has 1 aromatic heterocycles. The first-order valence-corrected chi connectivity index (χ1v) is 8.67. The Morgan fingerprint density at radius 1 is 1.21 bits per heavy atom. The predicted molar refractivity (Wildman–Crippen MR) is 81.7 cm³/mol. The number of hydrogen-bond donors (Lipinski definition) is 1. The summed E-state index contributed by atoms with van der Waals surface area (Å²) >= 11 is 2.00. The van der Waals surface area contributed by atoms with E-state index < -0.39 is 0 Å². The molecule has 0 saturated heterocycles. The molecule has 106 valence electrons. The maximum absolute atomic E-state index is 5.06. The monoisotopic (exact) mass is 278 g/mol. The quantitative estimate of drug-likeness (QED) is 0.887. The summed E-state index contributed by atoms with van der Waals surface area (Å²) in [5, 5.41) is 5.05. The predicted octanol–water partition coefficient (Wildman–Crippen LogP) is 3.89. The second-order valence-corrected chi connectivity index (χ2v) is 7.56. The van der Waals surface area contributed by atoms with Gasteiger partial charge in [0, 0.05) is 4.88 Å². The fourth-order valence-corrected chi connectivity index (χ4v) is 5.44. The second kappa shape index (κ2) is 5.17. The number of rotatable bonds is 2. The normalized spacial score (nSPS) is 35.1. The van der Waals surface area contributed by atoms with Crippen molar-refractivity contribution in [2.75, 3.05) is 7.05 Å². The molecule has 3 rings (SSSR count). The van der Waals surface area contributed by atoms with Gasteiger partial charge in [-0.1, -0.05) is 26.7 Å². The van der Waals surface area contributed by atoms with Crippen molar-refractivity contribution in [1.82, 2.24) is 10.3 Å². The van der Waals surface area contributed by atoms with Crippen LogP contribution >= 0.6 is 11.3 Å². The first kappa shape index (κ1) is 13.6. The van der Waals surface area contributed by atoms with Crippen molar-refractivity contribution < 1.29 is 0 Å². The summed E-state index contributed by atoms with van der Waals surface area (Å²) in [7, 11) is 2.13. The SMILES string of the molecule is CNC1(c2nc3c(s2)CCCC3)CCCC(C)C1C. The molecule has 2 nitrogen and oxygen atoms in total. The van der Waals surface area contributed by atoms with E-state index in [4.69, 9.17) is 4.98 Å². The number of nitrogens with zero attached hydrogens (tertiary/aromatic N) is 1. The van der Waals surface area contributed by atoms with E-state index in [9.17, 15) is 0 Å². The Hall–Kier alpha value is -0.410. The van der Waals surface area contributed by atoms with E-state index in [1.807, 2.05) is 11.3 Å². The van der Waals surface area contributed by atoms with Gasteiger partial charge in [-0.25, -0.2) is 4.98 Å². The van der Waals surface area contributed by atoms with Crippen LogP contribution in [0.5, 0.6) is 0 Å². The Morgan fingerprint density at radius 3 is 2.74 bits per heavy atom. The van der Waals surface area contributed by atoms with Gasteiger partial charge >= 0.3 is 0 Å². The van der Waals surface area contributed by atoms with Gasteiger partial charge in [0.2, 0.25) is 0 Å². The van der Waals surface area contributed by atoms with Crippen LogP contribution in [0.15, 0.2) is 0 Å². The molecule has 1 heterocycles. The lowest BCUT2D eigenvalue weighted by atomic mass is 9.68. The zero-order chi connectivity index (χ0) is 13.5. The van der Waals surface area contributed by atoms with Crippen LogP contribution in [0.1, 0.15) is 61.5 Å². The molecule has 0 spiro atoms. The van der Waals surface area contributed by atoms with Crippen molar-refractivity contribution in [3.05, 3.63) is 15.6 Å². The summed E-state index contributed by atoms with van der Waals surface area (Å²) in [6.45, 7) is 4.82. The Balaban J connectivity index is 1.99. The summed E-state index contributed by atoms with van der Waals surface area (Å²) in [5.41, 5.74) is 1.55. The molecule has 1 aromatic rings. The Morgan fingerprint density at radius 2 is 2.00 bits per heavy atom. The van der Waals surface area contributed by atoms with E-state index in [-0.39, 0.29) is 5.54 Å². The summed E-state index contributed by atoms with van der Waals surface area (Å²) in [6, 6.07) is 0. The molecular formula is C16H26N2S. The highest BCUT2D eigenvalue weighted by atomic mass is 32.1. The smallest absolute Gasteiger partial charge is 0.114 e. The van der Waals surface area contributed by atoms with Crippen LogP contribution in [0, 0.1) is 11.8 Å². The summed E-state index contributed by atoms with van der Waals surface area (Å²) in [5.74, 6) is 1.47. The first-order valence-electron chi connectivity index (χ1n) is 7.85. The zero-order valence-corrected chi connectivity index (χ0v) is 13.3. The highest BCUT2D eigenvalue weighted by Crippen LogP contribution is 2.46. The fraction of sp³-hybridized carbons (Fsp3) is 0.812. The lowest BCUT2D eigenvalue weighted by molar-refractivity contribution is 0.111. The third-order valence-corrected chi connectivity index (χ3v) is 6.87. The lowest BCUT2D eigenvalue weighted by Gasteiger charge is -2.44. The molecule has 0 radical (unpaired) electrons. The van der Waals surface area contributed by atoms with Gasteiger partial charge in [0.1, 0.15) is 5.01 Å². The Labute approximate surface area is 121 Å². The number of hydrogen-bond acceptors (Lipinski definition) is 3. The van der Waals surface area contributed by atoms with Crippen LogP contribution in [0.25, 0.3) is 0 Å². The van der Waals surface area contributed by atoms with E-state index in [0.717, 1.165) is 5.92 Å². The van der Waals surface area contributed by atoms with Gasteiger partial charge in [-0.3, -0.25) is 0 Å². The number of aryl methyl sites for hydroxylation is 2. The largest absolute Gasteiger partial charge is 0.308 e. The third kappa shape index (κ3) is 2.15. The van der Waals surface area contributed by atoms with Gasteiger partial charge in [0.15, 0.2) is 0 Å². The zero-order valence-electron chi connectivity index (χ0n) is 12.5. The average molecular weight is 278 g/mol. The molecule has 0 amide bonds. The molecule has 2 aliphatic carbocycles. The van der Waals surface area contributed by atoms with Crippen LogP contribution in [-0.2, 0) is 18.4 Å². The van der Waals surface area contributed by atoms with Crippen molar-refractivity contribution in [2.24, 2.45) is 11.8 Å². The molecule has 1 fully saturated rings.